The Balaban J connectivity index is 0.881. The maximum absolute atomic E-state index is 12.0. The van der Waals surface area contributed by atoms with Crippen LogP contribution in [0.1, 0.15) is 63.7 Å². The Morgan fingerprint density at radius 1 is 0.317 bits per heavy atom. The molecule has 0 amide bonds. The predicted molar refractivity (Wildman–Crippen MR) is 313 cm³/mol. The van der Waals surface area contributed by atoms with Crippen molar-refractivity contribution >= 4 is 79.1 Å². The zero-order valence-corrected chi connectivity index (χ0v) is 44.0. The van der Waals surface area contributed by atoms with Crippen LogP contribution in [-0.2, 0) is 22.3 Å². The standard InChI is InChI=1S/C68H50O14/c69-65(70)41-21-13-37(14-22-41)53-45-5-1-9-49-57(45)58-46(54(53)38-15-23-42(24-16-38)66(71)72)6-2-10-50(58)62-61(49)79-33-29-77-31-35-81-63-51-11-3-7-47-55(39-17-25-43(26-18-39)67(73)74)56(40-19-27-44(28-20-40)68(75)76)48-8-4-12-52(60(48)59(47)51)64(63)82-36-32-78-30-34-80-62/h1-6,9-28H,7-8,29-36H2,(H,69,70)(H,71,72)(H,73,74)(H,75,76). The first-order valence-electron chi connectivity index (χ1n) is 26.9. The molecule has 14 heteroatoms. The van der Waals surface area contributed by atoms with Crippen LogP contribution < -0.4 is 18.9 Å². The van der Waals surface area contributed by atoms with Gasteiger partial charge in [-0.15, -0.1) is 0 Å². The topological polar surface area (TPSA) is 205 Å². The summed E-state index contributed by atoms with van der Waals surface area (Å²) in [5, 5.41) is 46.5. The van der Waals surface area contributed by atoms with Crippen LogP contribution >= 0.6 is 0 Å². The van der Waals surface area contributed by atoms with E-state index in [9.17, 15) is 39.6 Å². The lowest BCUT2D eigenvalue weighted by Crippen LogP contribution is -2.17. The van der Waals surface area contributed by atoms with E-state index < -0.39 is 23.9 Å². The van der Waals surface area contributed by atoms with Gasteiger partial charge < -0.3 is 48.8 Å². The molecule has 0 saturated carbocycles. The first kappa shape index (κ1) is 51.4. The summed E-state index contributed by atoms with van der Waals surface area (Å²) in [5.74, 6) is -2.02. The Morgan fingerprint density at radius 2 is 0.610 bits per heavy atom. The monoisotopic (exact) mass is 1090 g/mol. The lowest BCUT2D eigenvalue weighted by molar-refractivity contribution is 0.0646. The van der Waals surface area contributed by atoms with Crippen LogP contribution in [0.4, 0.5) is 0 Å². The van der Waals surface area contributed by atoms with E-state index in [1.807, 2.05) is 60.7 Å². The van der Waals surface area contributed by atoms with Gasteiger partial charge in [0.25, 0.3) is 0 Å². The number of hydrogen-bond donors (Lipinski definition) is 4. The van der Waals surface area contributed by atoms with Gasteiger partial charge in [0.05, 0.1) is 48.7 Å². The minimum Gasteiger partial charge on any atom is -0.487 e. The second-order valence-electron chi connectivity index (χ2n) is 20.2. The Morgan fingerprint density at radius 3 is 0.927 bits per heavy atom. The van der Waals surface area contributed by atoms with Gasteiger partial charge in [-0.1, -0.05) is 109 Å². The molecule has 1 aliphatic heterocycles. The molecule has 3 aliphatic rings. The van der Waals surface area contributed by atoms with Gasteiger partial charge in [-0.3, -0.25) is 0 Å². The van der Waals surface area contributed by atoms with Gasteiger partial charge in [-0.25, -0.2) is 19.2 Å². The number of carboxylic acid groups (broad SMARTS) is 4. The van der Waals surface area contributed by atoms with Crippen LogP contribution in [-0.4, -0.2) is 97.2 Å². The molecule has 0 aromatic heterocycles. The molecule has 0 atom stereocenters. The van der Waals surface area contributed by atoms with Gasteiger partial charge >= 0.3 is 23.9 Å². The Kier molecular flexibility index (Phi) is 13.3. The molecule has 406 valence electrons. The summed E-state index contributed by atoms with van der Waals surface area (Å²) in [6.45, 7) is 1.39. The highest BCUT2D eigenvalue weighted by atomic mass is 16.6. The van der Waals surface area contributed by atoms with E-state index in [0.717, 1.165) is 110 Å². The quantitative estimate of drug-likeness (QED) is 0.105. The zero-order chi connectivity index (χ0) is 56.2. The average molecular weight is 1090 g/mol. The molecule has 4 N–H and O–H groups in total. The van der Waals surface area contributed by atoms with Crippen LogP contribution in [0.5, 0.6) is 23.0 Å². The normalized spacial score (nSPS) is 14.4. The smallest absolute Gasteiger partial charge is 0.335 e. The number of rotatable bonds is 8. The number of aromatic carboxylic acids is 4. The Hall–Kier alpha value is -10.0. The largest absolute Gasteiger partial charge is 0.487 e. The van der Waals surface area contributed by atoms with Gasteiger partial charge in [0.15, 0.2) is 23.0 Å². The predicted octanol–water partition coefficient (Wildman–Crippen LogP) is 13.6. The summed E-state index contributed by atoms with van der Waals surface area (Å²) in [4.78, 5) is 48.1. The third-order valence-corrected chi connectivity index (χ3v) is 15.6. The average Bonchev–Trinajstić information content (AvgIpc) is 2.55. The first-order valence-corrected chi connectivity index (χ1v) is 26.9. The molecule has 10 aromatic rings. The first-order chi connectivity index (χ1) is 40.0. The fraction of sp³-hybridized carbons (Fsp3) is 0.147. The van der Waals surface area contributed by atoms with Crippen molar-refractivity contribution in [3.8, 4) is 67.5 Å². The molecule has 0 bridgehead atoms. The Labute approximate surface area is 468 Å². The van der Waals surface area contributed by atoms with E-state index in [2.05, 4.69) is 24.3 Å². The van der Waals surface area contributed by atoms with Crippen molar-refractivity contribution in [3.05, 3.63) is 190 Å². The van der Waals surface area contributed by atoms with Crippen molar-refractivity contribution in [2.75, 3.05) is 52.9 Å². The van der Waals surface area contributed by atoms with Crippen molar-refractivity contribution in [1.29, 1.82) is 0 Å². The van der Waals surface area contributed by atoms with E-state index in [4.69, 9.17) is 28.4 Å². The second-order valence-corrected chi connectivity index (χ2v) is 20.2. The van der Waals surface area contributed by atoms with E-state index in [-0.39, 0.29) is 75.1 Å². The lowest BCUT2D eigenvalue weighted by atomic mass is 9.75. The lowest BCUT2D eigenvalue weighted by Gasteiger charge is -2.30. The van der Waals surface area contributed by atoms with Gasteiger partial charge in [0.2, 0.25) is 0 Å². The fourth-order valence-electron chi connectivity index (χ4n) is 12.1. The molecule has 14 nitrogen and oxygen atoms in total. The number of allylic oxidation sites excluding steroid dienone is 2. The van der Waals surface area contributed by atoms with E-state index >= 15 is 0 Å². The van der Waals surface area contributed by atoms with Crippen molar-refractivity contribution in [2.24, 2.45) is 0 Å². The summed E-state index contributed by atoms with van der Waals surface area (Å²) >= 11 is 0. The highest BCUT2D eigenvalue weighted by Gasteiger charge is 2.32. The van der Waals surface area contributed by atoms with Gasteiger partial charge in [0.1, 0.15) is 26.4 Å². The molecule has 0 fully saturated rings. The van der Waals surface area contributed by atoms with Crippen LogP contribution in [0, 0.1) is 0 Å². The zero-order valence-electron chi connectivity index (χ0n) is 44.0. The molecule has 0 spiro atoms. The third-order valence-electron chi connectivity index (χ3n) is 15.6. The molecular formula is C68H50O14. The van der Waals surface area contributed by atoms with Gasteiger partial charge in [-0.2, -0.15) is 0 Å². The third kappa shape index (κ3) is 8.85. The van der Waals surface area contributed by atoms with Crippen molar-refractivity contribution in [2.45, 2.75) is 12.8 Å². The molecular weight excluding hydrogens is 1040 g/mol. The van der Waals surface area contributed by atoms with Gasteiger partial charge in [0, 0.05) is 32.7 Å². The summed E-state index contributed by atoms with van der Waals surface area (Å²) in [7, 11) is 0. The van der Waals surface area contributed by atoms with Crippen LogP contribution in [0.25, 0.3) is 99.7 Å². The SMILES string of the molecule is O=C(O)c1ccc(-c2c(-c3ccc(C(=O)O)cc3)c3c4c(c5c(c6c4c2CC=C6)OCCOCCOc2c(c4cccc6c(-c7ccc(C(=O)O)cc7)c(-c7ccc(C(=O)O)cc7)c7cccc2c7c46)OCCOCCO5)C=CC3)cc1. The molecule has 0 unspecified atom stereocenters. The van der Waals surface area contributed by atoms with Crippen LogP contribution in [0.2, 0.25) is 0 Å². The van der Waals surface area contributed by atoms with E-state index in [1.165, 1.54) is 0 Å². The number of benzene rings is 10. The molecule has 2 aliphatic carbocycles. The molecule has 0 saturated heterocycles. The highest BCUT2D eigenvalue weighted by Crippen LogP contribution is 2.56. The van der Waals surface area contributed by atoms with Crippen molar-refractivity contribution in [3.63, 3.8) is 0 Å². The fourth-order valence-corrected chi connectivity index (χ4v) is 12.1. The van der Waals surface area contributed by atoms with Crippen molar-refractivity contribution < 1.29 is 68.0 Å². The molecule has 10 aromatic carbocycles. The number of ether oxygens (including phenoxy) is 6. The summed E-state index contributed by atoms with van der Waals surface area (Å²) in [6, 6.07) is 39.3. The molecule has 0 radical (unpaired) electrons. The van der Waals surface area contributed by atoms with Crippen molar-refractivity contribution in [1.82, 2.24) is 0 Å². The van der Waals surface area contributed by atoms with Crippen LogP contribution in [0.3, 0.4) is 0 Å². The maximum atomic E-state index is 12.0. The van der Waals surface area contributed by atoms with Crippen LogP contribution in [0.15, 0.2) is 146 Å². The van der Waals surface area contributed by atoms with E-state index in [0.29, 0.717) is 35.8 Å². The maximum Gasteiger partial charge on any atom is 0.335 e. The summed E-state index contributed by atoms with van der Waals surface area (Å²) in [5.41, 5.74) is 11.0. The summed E-state index contributed by atoms with van der Waals surface area (Å²) in [6.07, 6.45) is 9.42. The number of fused-ring (bicyclic) bond motifs is 6. The molecule has 82 heavy (non-hydrogen) atoms. The minimum atomic E-state index is -1.04. The number of carboxylic acids is 4. The summed E-state index contributed by atoms with van der Waals surface area (Å²) < 4.78 is 39.7. The molecule has 13 rings (SSSR count). The van der Waals surface area contributed by atoms with E-state index in [1.54, 1.807) is 72.8 Å². The second kappa shape index (κ2) is 21.2. The molecule has 1 heterocycles. The minimum absolute atomic E-state index is 0.145. The number of hydrogen-bond acceptors (Lipinski definition) is 10. The Bertz CT molecular complexity index is 4030. The number of carbonyl (C=O) groups is 4. The highest BCUT2D eigenvalue weighted by molar-refractivity contribution is 6.33. The van der Waals surface area contributed by atoms with Gasteiger partial charge in [-0.05, 0) is 139 Å².